The van der Waals surface area contributed by atoms with Gasteiger partial charge >= 0.3 is 11.8 Å². The van der Waals surface area contributed by atoms with Crippen molar-refractivity contribution in [2.24, 2.45) is 0 Å². The van der Waals surface area contributed by atoms with Gasteiger partial charge < -0.3 is 20.3 Å². The lowest BCUT2D eigenvalue weighted by atomic mass is 10.2. The first-order valence-electron chi connectivity index (χ1n) is 6.90. The summed E-state index contributed by atoms with van der Waals surface area (Å²) in [5, 5.41) is 5.08. The zero-order valence-electron chi connectivity index (χ0n) is 12.3. The lowest BCUT2D eigenvalue weighted by Crippen LogP contribution is -2.39. The predicted molar refractivity (Wildman–Crippen MR) is 79.2 cm³/mol. The maximum atomic E-state index is 11.7. The number of ether oxygens (including phenoxy) is 1. The van der Waals surface area contributed by atoms with Crippen LogP contribution in [0.15, 0.2) is 18.3 Å². The number of anilines is 2. The molecule has 0 saturated carbocycles. The molecule has 1 unspecified atom stereocenters. The van der Waals surface area contributed by atoms with Crippen LogP contribution in [0.4, 0.5) is 11.5 Å². The van der Waals surface area contributed by atoms with E-state index in [1.807, 2.05) is 19.0 Å². The van der Waals surface area contributed by atoms with E-state index in [9.17, 15) is 9.59 Å². The van der Waals surface area contributed by atoms with Gasteiger partial charge in [-0.15, -0.1) is 0 Å². The van der Waals surface area contributed by atoms with Crippen LogP contribution in [0.25, 0.3) is 0 Å². The van der Waals surface area contributed by atoms with Crippen LogP contribution in [0.3, 0.4) is 0 Å². The van der Waals surface area contributed by atoms with Gasteiger partial charge in [-0.3, -0.25) is 9.59 Å². The van der Waals surface area contributed by atoms with Crippen LogP contribution in [-0.4, -0.2) is 50.1 Å². The normalized spacial score (nSPS) is 17.3. The van der Waals surface area contributed by atoms with E-state index >= 15 is 0 Å². The Kier molecular flexibility index (Phi) is 5.10. The van der Waals surface area contributed by atoms with Gasteiger partial charge in [0.1, 0.15) is 5.82 Å². The average Bonchev–Trinajstić information content (AvgIpc) is 2.98. The van der Waals surface area contributed by atoms with Gasteiger partial charge in [0, 0.05) is 27.2 Å². The fourth-order valence-corrected chi connectivity index (χ4v) is 2.00. The summed E-state index contributed by atoms with van der Waals surface area (Å²) in [5.74, 6) is -0.592. The molecular weight excluding hydrogens is 272 g/mol. The number of aromatic nitrogens is 1. The van der Waals surface area contributed by atoms with Crippen LogP contribution >= 0.6 is 0 Å². The number of carbonyl (C=O) groups excluding carboxylic acids is 2. The first kappa shape index (κ1) is 15.2. The van der Waals surface area contributed by atoms with Gasteiger partial charge in [-0.1, -0.05) is 0 Å². The fraction of sp³-hybridized carbons (Fsp3) is 0.500. The van der Waals surface area contributed by atoms with E-state index in [0.717, 1.165) is 25.3 Å². The third-order valence-corrected chi connectivity index (χ3v) is 3.18. The lowest BCUT2D eigenvalue weighted by Gasteiger charge is -2.12. The highest BCUT2D eigenvalue weighted by Crippen LogP contribution is 2.12. The quantitative estimate of drug-likeness (QED) is 0.784. The smallest absolute Gasteiger partial charge is 0.313 e. The van der Waals surface area contributed by atoms with Crippen molar-refractivity contribution < 1.29 is 14.3 Å². The SMILES string of the molecule is CN(C)c1ccc(NC(=O)C(=O)NCC2CCCO2)cn1. The van der Waals surface area contributed by atoms with Crippen molar-refractivity contribution in [3.63, 3.8) is 0 Å². The third-order valence-electron chi connectivity index (χ3n) is 3.18. The Labute approximate surface area is 123 Å². The van der Waals surface area contributed by atoms with Gasteiger partial charge in [0.2, 0.25) is 0 Å². The van der Waals surface area contributed by atoms with Gasteiger partial charge in [0.05, 0.1) is 18.0 Å². The van der Waals surface area contributed by atoms with Crippen molar-refractivity contribution in [1.82, 2.24) is 10.3 Å². The summed E-state index contributed by atoms with van der Waals surface area (Å²) in [6.45, 7) is 1.08. The molecule has 1 saturated heterocycles. The van der Waals surface area contributed by atoms with Gasteiger partial charge in [-0.25, -0.2) is 4.98 Å². The van der Waals surface area contributed by atoms with Crippen LogP contribution in [0.1, 0.15) is 12.8 Å². The molecule has 7 heteroatoms. The number of rotatable bonds is 4. The first-order chi connectivity index (χ1) is 10.1. The molecule has 21 heavy (non-hydrogen) atoms. The minimum Gasteiger partial charge on any atom is -0.376 e. The summed E-state index contributed by atoms with van der Waals surface area (Å²) in [4.78, 5) is 29.4. The van der Waals surface area contributed by atoms with Crippen LogP contribution in [-0.2, 0) is 14.3 Å². The maximum Gasteiger partial charge on any atom is 0.313 e. The fourth-order valence-electron chi connectivity index (χ4n) is 2.00. The summed E-state index contributed by atoms with van der Waals surface area (Å²) in [5.41, 5.74) is 0.484. The molecule has 2 N–H and O–H groups in total. The van der Waals surface area contributed by atoms with Crippen molar-refractivity contribution in [2.45, 2.75) is 18.9 Å². The van der Waals surface area contributed by atoms with Crippen molar-refractivity contribution in [2.75, 3.05) is 37.5 Å². The largest absolute Gasteiger partial charge is 0.376 e. The van der Waals surface area contributed by atoms with E-state index < -0.39 is 11.8 Å². The number of carbonyl (C=O) groups is 2. The molecule has 0 spiro atoms. The van der Waals surface area contributed by atoms with Gasteiger partial charge in [-0.05, 0) is 25.0 Å². The summed E-state index contributed by atoms with van der Waals surface area (Å²) in [6.07, 6.45) is 3.44. The Morgan fingerprint density at radius 3 is 2.76 bits per heavy atom. The average molecular weight is 292 g/mol. The summed E-state index contributed by atoms with van der Waals surface area (Å²) >= 11 is 0. The van der Waals surface area contributed by atoms with Gasteiger partial charge in [0.15, 0.2) is 0 Å². The molecule has 1 atom stereocenters. The Hall–Kier alpha value is -2.15. The van der Waals surface area contributed by atoms with Crippen molar-refractivity contribution >= 4 is 23.3 Å². The van der Waals surface area contributed by atoms with E-state index in [1.165, 1.54) is 6.20 Å². The van der Waals surface area contributed by atoms with Crippen LogP contribution < -0.4 is 15.5 Å². The lowest BCUT2D eigenvalue weighted by molar-refractivity contribution is -0.136. The topological polar surface area (TPSA) is 83.6 Å². The second-order valence-corrected chi connectivity index (χ2v) is 5.10. The molecule has 1 fully saturated rings. The number of nitrogens with one attached hydrogen (secondary N) is 2. The van der Waals surface area contributed by atoms with E-state index in [0.29, 0.717) is 12.2 Å². The number of amides is 2. The monoisotopic (exact) mass is 292 g/mol. The molecule has 0 radical (unpaired) electrons. The highest BCUT2D eigenvalue weighted by atomic mass is 16.5. The second kappa shape index (κ2) is 7.03. The maximum absolute atomic E-state index is 11.7. The summed E-state index contributed by atoms with van der Waals surface area (Å²) < 4.78 is 5.38. The number of nitrogens with zero attached hydrogens (tertiary/aromatic N) is 2. The molecule has 2 heterocycles. The summed E-state index contributed by atoms with van der Waals surface area (Å²) in [7, 11) is 3.75. The van der Waals surface area contributed by atoms with E-state index in [-0.39, 0.29) is 6.10 Å². The molecule has 1 aliphatic heterocycles. The van der Waals surface area contributed by atoms with Gasteiger partial charge in [-0.2, -0.15) is 0 Å². The number of hydrogen-bond donors (Lipinski definition) is 2. The standard InChI is InChI=1S/C14H20N4O3/c1-18(2)12-6-5-10(8-15-12)17-14(20)13(19)16-9-11-4-3-7-21-11/h5-6,8,11H,3-4,7,9H2,1-2H3,(H,16,19)(H,17,20). The molecular formula is C14H20N4O3. The Bertz CT molecular complexity index is 495. The van der Waals surface area contributed by atoms with E-state index in [1.54, 1.807) is 12.1 Å². The molecule has 1 aliphatic rings. The Balaban J connectivity index is 1.80. The minimum absolute atomic E-state index is 0.0165. The minimum atomic E-state index is -0.701. The van der Waals surface area contributed by atoms with Crippen molar-refractivity contribution in [3.05, 3.63) is 18.3 Å². The molecule has 1 aromatic heterocycles. The molecule has 7 nitrogen and oxygen atoms in total. The molecule has 0 aliphatic carbocycles. The zero-order valence-corrected chi connectivity index (χ0v) is 12.3. The Morgan fingerprint density at radius 2 is 2.19 bits per heavy atom. The Morgan fingerprint density at radius 1 is 1.38 bits per heavy atom. The van der Waals surface area contributed by atoms with Crippen LogP contribution in [0, 0.1) is 0 Å². The summed E-state index contributed by atoms with van der Waals surface area (Å²) in [6, 6.07) is 3.47. The molecule has 2 amide bonds. The molecule has 2 rings (SSSR count). The van der Waals surface area contributed by atoms with Gasteiger partial charge in [0.25, 0.3) is 0 Å². The van der Waals surface area contributed by atoms with Crippen molar-refractivity contribution in [1.29, 1.82) is 0 Å². The third kappa shape index (κ3) is 4.42. The van der Waals surface area contributed by atoms with Crippen LogP contribution in [0.2, 0.25) is 0 Å². The highest BCUT2D eigenvalue weighted by Gasteiger charge is 2.19. The first-order valence-corrected chi connectivity index (χ1v) is 6.90. The number of hydrogen-bond acceptors (Lipinski definition) is 5. The number of pyridine rings is 1. The second-order valence-electron chi connectivity index (χ2n) is 5.10. The van der Waals surface area contributed by atoms with Crippen molar-refractivity contribution in [3.8, 4) is 0 Å². The predicted octanol–water partition coefficient (Wildman–Crippen LogP) is 0.381. The van der Waals surface area contributed by atoms with E-state index in [4.69, 9.17) is 4.74 Å². The van der Waals surface area contributed by atoms with E-state index in [2.05, 4.69) is 15.6 Å². The molecule has 1 aromatic rings. The van der Waals surface area contributed by atoms with Crippen LogP contribution in [0.5, 0.6) is 0 Å². The molecule has 114 valence electrons. The highest BCUT2D eigenvalue weighted by molar-refractivity contribution is 6.39. The molecule has 0 aromatic carbocycles. The molecule has 0 bridgehead atoms. The zero-order chi connectivity index (χ0) is 15.2.